The number of hydrogen-bond donors (Lipinski definition) is 0. The number of ether oxygens (including phenoxy) is 2. The average molecular weight is 378 g/mol. The Morgan fingerprint density at radius 1 is 1.11 bits per heavy atom. The Balaban J connectivity index is 1.64. The van der Waals surface area contributed by atoms with Crippen LogP contribution in [-0.4, -0.2) is 54.3 Å². The highest BCUT2D eigenvalue weighted by Gasteiger charge is 2.30. The molecule has 28 heavy (non-hydrogen) atoms. The van der Waals surface area contributed by atoms with Crippen molar-refractivity contribution in [1.29, 1.82) is 0 Å². The number of rotatable bonds is 4. The molecule has 0 radical (unpaired) electrons. The van der Waals surface area contributed by atoms with Gasteiger partial charge in [-0.2, -0.15) is 0 Å². The normalized spacial score (nSPS) is 16.9. The number of methoxy groups -OCH3 is 1. The minimum Gasteiger partial charge on any atom is -0.467 e. The van der Waals surface area contributed by atoms with Crippen LogP contribution < -0.4 is 0 Å². The Morgan fingerprint density at radius 2 is 1.86 bits per heavy atom. The summed E-state index contributed by atoms with van der Waals surface area (Å²) >= 11 is 0. The number of para-hydroxylation sites is 1. The number of morpholine rings is 1. The van der Waals surface area contributed by atoms with Gasteiger partial charge in [0, 0.05) is 23.1 Å². The number of amides is 1. The fraction of sp³-hybridized carbons (Fsp3) is 0.273. The number of carbonyl (C=O) groups excluding carboxylic acids is 2. The molecule has 1 unspecified atom stereocenters. The molecule has 0 saturated carbocycles. The van der Waals surface area contributed by atoms with Crippen molar-refractivity contribution in [1.82, 2.24) is 9.47 Å². The van der Waals surface area contributed by atoms with Crippen LogP contribution in [0.15, 0.2) is 60.7 Å². The minimum atomic E-state index is -0.724. The highest BCUT2D eigenvalue weighted by atomic mass is 16.6. The Labute approximate surface area is 163 Å². The van der Waals surface area contributed by atoms with Gasteiger partial charge in [-0.1, -0.05) is 48.5 Å². The number of nitrogens with zero attached hydrogens (tertiary/aromatic N) is 2. The molecule has 1 amide bonds. The first-order chi connectivity index (χ1) is 13.7. The highest BCUT2D eigenvalue weighted by molar-refractivity contribution is 5.89. The zero-order chi connectivity index (χ0) is 19.5. The molecule has 1 aromatic heterocycles. The van der Waals surface area contributed by atoms with Gasteiger partial charge in [0.2, 0.25) is 5.91 Å². The van der Waals surface area contributed by atoms with Crippen molar-refractivity contribution in [3.05, 3.63) is 60.7 Å². The van der Waals surface area contributed by atoms with E-state index in [4.69, 9.17) is 9.47 Å². The van der Waals surface area contributed by atoms with Gasteiger partial charge in [0.25, 0.3) is 0 Å². The quantitative estimate of drug-likeness (QED) is 0.655. The van der Waals surface area contributed by atoms with Gasteiger partial charge in [-0.15, -0.1) is 0 Å². The summed E-state index contributed by atoms with van der Waals surface area (Å²) in [7, 11) is 1.32. The van der Waals surface area contributed by atoms with Crippen LogP contribution in [-0.2, 0) is 25.6 Å². The van der Waals surface area contributed by atoms with Gasteiger partial charge in [-0.25, -0.2) is 4.79 Å². The Kier molecular flexibility index (Phi) is 5.12. The van der Waals surface area contributed by atoms with Crippen LogP contribution in [0.5, 0.6) is 0 Å². The highest BCUT2D eigenvalue weighted by Crippen LogP contribution is 2.28. The lowest BCUT2D eigenvalue weighted by atomic mass is 10.1. The van der Waals surface area contributed by atoms with E-state index in [1.54, 1.807) is 4.90 Å². The molecule has 4 rings (SSSR count). The summed E-state index contributed by atoms with van der Waals surface area (Å²) in [4.78, 5) is 26.5. The van der Waals surface area contributed by atoms with Crippen LogP contribution in [0.3, 0.4) is 0 Å². The maximum atomic E-state index is 13.0. The summed E-state index contributed by atoms with van der Waals surface area (Å²) < 4.78 is 12.2. The van der Waals surface area contributed by atoms with E-state index in [-0.39, 0.29) is 19.0 Å². The predicted octanol–water partition coefficient (Wildman–Crippen LogP) is 2.71. The molecular weight excluding hydrogens is 356 g/mol. The van der Waals surface area contributed by atoms with Crippen LogP contribution in [0.1, 0.15) is 0 Å². The zero-order valence-electron chi connectivity index (χ0n) is 15.7. The zero-order valence-corrected chi connectivity index (χ0v) is 15.7. The number of hydrogen-bond acceptors (Lipinski definition) is 4. The molecule has 1 aliphatic rings. The van der Waals surface area contributed by atoms with Crippen LogP contribution in [0.4, 0.5) is 0 Å². The molecule has 0 aliphatic carbocycles. The lowest BCUT2D eigenvalue weighted by Crippen LogP contribution is -2.49. The molecule has 2 heterocycles. The Hall–Kier alpha value is -3.12. The van der Waals surface area contributed by atoms with Gasteiger partial charge in [-0.3, -0.25) is 4.79 Å². The van der Waals surface area contributed by atoms with E-state index in [1.165, 1.54) is 7.11 Å². The second kappa shape index (κ2) is 7.86. The second-order valence-corrected chi connectivity index (χ2v) is 6.76. The second-order valence-electron chi connectivity index (χ2n) is 6.76. The number of carbonyl (C=O) groups is 2. The maximum Gasteiger partial charge on any atom is 0.336 e. The molecule has 1 atom stereocenters. The summed E-state index contributed by atoms with van der Waals surface area (Å²) in [6, 6.07) is 20.2. The van der Waals surface area contributed by atoms with E-state index in [0.717, 1.165) is 22.2 Å². The fourth-order valence-corrected chi connectivity index (χ4v) is 3.61. The number of aromatic nitrogens is 1. The third-order valence-electron chi connectivity index (χ3n) is 5.06. The molecule has 0 N–H and O–H groups in total. The first-order valence-corrected chi connectivity index (χ1v) is 9.28. The first kappa shape index (κ1) is 18.3. The van der Waals surface area contributed by atoms with E-state index in [0.29, 0.717) is 13.2 Å². The van der Waals surface area contributed by atoms with E-state index in [9.17, 15) is 9.59 Å². The smallest absolute Gasteiger partial charge is 0.336 e. The van der Waals surface area contributed by atoms with E-state index >= 15 is 0 Å². The van der Waals surface area contributed by atoms with Gasteiger partial charge >= 0.3 is 5.97 Å². The molecule has 6 heteroatoms. The summed E-state index contributed by atoms with van der Waals surface area (Å²) in [6.07, 6.45) is -0.724. The molecular formula is C22H22N2O4. The number of fused-ring (bicyclic) bond motifs is 1. The lowest BCUT2D eigenvalue weighted by molar-refractivity contribution is -0.162. The minimum absolute atomic E-state index is 0.0456. The topological polar surface area (TPSA) is 60.8 Å². The summed E-state index contributed by atoms with van der Waals surface area (Å²) in [6.45, 7) is 1.20. The molecule has 0 bridgehead atoms. The van der Waals surface area contributed by atoms with Gasteiger partial charge in [0.1, 0.15) is 6.54 Å². The van der Waals surface area contributed by atoms with Crippen molar-refractivity contribution in [3.63, 3.8) is 0 Å². The van der Waals surface area contributed by atoms with Crippen LogP contribution >= 0.6 is 0 Å². The summed E-state index contributed by atoms with van der Waals surface area (Å²) in [5, 5.41) is 1.09. The molecule has 1 fully saturated rings. The number of benzene rings is 2. The third-order valence-corrected chi connectivity index (χ3v) is 5.06. The fourth-order valence-electron chi connectivity index (χ4n) is 3.61. The largest absolute Gasteiger partial charge is 0.467 e. The van der Waals surface area contributed by atoms with E-state index < -0.39 is 12.1 Å². The van der Waals surface area contributed by atoms with Gasteiger partial charge < -0.3 is 18.9 Å². The Morgan fingerprint density at radius 3 is 2.64 bits per heavy atom. The first-order valence-electron chi connectivity index (χ1n) is 9.28. The lowest BCUT2D eigenvalue weighted by Gasteiger charge is -2.31. The SMILES string of the molecule is COC(=O)C1CN(C(=O)Cn2c(-c3ccccc3)cc3ccccc32)CCO1. The van der Waals surface area contributed by atoms with E-state index in [2.05, 4.69) is 6.07 Å². The average Bonchev–Trinajstić information content (AvgIpc) is 3.12. The summed E-state index contributed by atoms with van der Waals surface area (Å²) in [5.41, 5.74) is 3.06. The van der Waals surface area contributed by atoms with Crippen LogP contribution in [0.25, 0.3) is 22.2 Å². The molecule has 3 aromatic rings. The van der Waals surface area contributed by atoms with Crippen LogP contribution in [0.2, 0.25) is 0 Å². The van der Waals surface area contributed by atoms with Crippen molar-refractivity contribution in [2.24, 2.45) is 0 Å². The number of esters is 1. The maximum absolute atomic E-state index is 13.0. The van der Waals surface area contributed by atoms with Crippen molar-refractivity contribution >= 4 is 22.8 Å². The standard InChI is InChI=1S/C22H22N2O4/c1-27-22(26)20-14-23(11-12-28-20)21(25)15-24-18-10-6-5-9-17(18)13-19(24)16-7-3-2-4-8-16/h2-10,13,20H,11-12,14-15H2,1H3. The van der Waals surface area contributed by atoms with Crippen molar-refractivity contribution < 1.29 is 19.1 Å². The van der Waals surface area contributed by atoms with Gasteiger partial charge in [0.15, 0.2) is 6.10 Å². The summed E-state index contributed by atoms with van der Waals surface area (Å²) in [5.74, 6) is -0.496. The van der Waals surface area contributed by atoms with Crippen molar-refractivity contribution in [2.45, 2.75) is 12.6 Å². The molecule has 144 valence electrons. The van der Waals surface area contributed by atoms with E-state index in [1.807, 2.05) is 59.2 Å². The van der Waals surface area contributed by atoms with Crippen molar-refractivity contribution in [2.75, 3.05) is 26.8 Å². The third kappa shape index (κ3) is 3.51. The van der Waals surface area contributed by atoms with Crippen molar-refractivity contribution in [3.8, 4) is 11.3 Å². The monoisotopic (exact) mass is 378 g/mol. The predicted molar refractivity (Wildman–Crippen MR) is 106 cm³/mol. The molecule has 0 spiro atoms. The van der Waals surface area contributed by atoms with Gasteiger partial charge in [-0.05, 0) is 17.7 Å². The Bertz CT molecular complexity index is 996. The molecule has 6 nitrogen and oxygen atoms in total. The van der Waals surface area contributed by atoms with Crippen LogP contribution in [0, 0.1) is 0 Å². The molecule has 2 aromatic carbocycles. The van der Waals surface area contributed by atoms with Gasteiger partial charge in [0.05, 0.1) is 20.3 Å². The molecule has 1 aliphatic heterocycles. The molecule has 1 saturated heterocycles.